The predicted molar refractivity (Wildman–Crippen MR) is 68.3 cm³/mol. The SMILES string of the molecule is Cc1ccn(Cc2csc(C(=O)NN)n2)c(=O)c1. The van der Waals surface area contributed by atoms with Crippen LogP contribution in [0.4, 0.5) is 0 Å². The van der Waals surface area contributed by atoms with Crippen molar-refractivity contribution in [2.24, 2.45) is 5.84 Å². The fraction of sp³-hybridized carbons (Fsp3) is 0.182. The number of aromatic nitrogens is 2. The van der Waals surface area contributed by atoms with Crippen LogP contribution in [-0.4, -0.2) is 15.5 Å². The molecule has 0 spiro atoms. The van der Waals surface area contributed by atoms with E-state index in [1.54, 1.807) is 17.6 Å². The van der Waals surface area contributed by atoms with Crippen LogP contribution in [0.3, 0.4) is 0 Å². The molecule has 2 rings (SSSR count). The van der Waals surface area contributed by atoms with E-state index in [4.69, 9.17) is 5.84 Å². The highest BCUT2D eigenvalue weighted by Crippen LogP contribution is 2.10. The molecule has 1 amide bonds. The zero-order valence-corrected chi connectivity index (χ0v) is 10.5. The third-order valence-corrected chi connectivity index (χ3v) is 3.25. The quantitative estimate of drug-likeness (QED) is 0.473. The van der Waals surface area contributed by atoms with Crippen LogP contribution in [0.2, 0.25) is 0 Å². The molecule has 0 unspecified atom stereocenters. The maximum Gasteiger partial charge on any atom is 0.294 e. The van der Waals surface area contributed by atoms with Crippen molar-refractivity contribution in [3.8, 4) is 0 Å². The normalized spacial score (nSPS) is 10.3. The van der Waals surface area contributed by atoms with Gasteiger partial charge in [-0.15, -0.1) is 11.3 Å². The first kappa shape index (κ1) is 12.5. The van der Waals surface area contributed by atoms with Gasteiger partial charge in [-0.2, -0.15) is 0 Å². The van der Waals surface area contributed by atoms with Gasteiger partial charge < -0.3 is 4.57 Å². The first-order valence-corrected chi connectivity index (χ1v) is 6.10. The summed E-state index contributed by atoms with van der Waals surface area (Å²) < 4.78 is 1.53. The van der Waals surface area contributed by atoms with Crippen molar-refractivity contribution < 1.29 is 4.79 Å². The fourth-order valence-corrected chi connectivity index (χ4v) is 2.17. The Morgan fingerprint density at radius 2 is 2.39 bits per heavy atom. The van der Waals surface area contributed by atoms with Crippen LogP contribution in [0.25, 0.3) is 0 Å². The van der Waals surface area contributed by atoms with Gasteiger partial charge in [0.25, 0.3) is 11.5 Å². The summed E-state index contributed by atoms with van der Waals surface area (Å²) in [5, 5.41) is 2.02. The summed E-state index contributed by atoms with van der Waals surface area (Å²) in [6.07, 6.45) is 1.71. The van der Waals surface area contributed by atoms with E-state index < -0.39 is 5.91 Å². The lowest BCUT2D eigenvalue weighted by Crippen LogP contribution is -2.29. The van der Waals surface area contributed by atoms with Crippen molar-refractivity contribution in [3.63, 3.8) is 0 Å². The Balaban J connectivity index is 2.21. The molecule has 94 valence electrons. The molecular formula is C11H12N4O2S. The molecule has 0 saturated carbocycles. The molecule has 0 aromatic carbocycles. The van der Waals surface area contributed by atoms with Crippen molar-refractivity contribution in [1.82, 2.24) is 15.0 Å². The summed E-state index contributed by atoms with van der Waals surface area (Å²) in [5.74, 6) is 4.59. The Morgan fingerprint density at radius 1 is 1.61 bits per heavy atom. The summed E-state index contributed by atoms with van der Waals surface area (Å²) in [5.41, 5.74) is 3.50. The molecule has 2 aromatic rings. The Kier molecular flexibility index (Phi) is 3.54. The van der Waals surface area contributed by atoms with E-state index in [1.807, 2.05) is 18.4 Å². The number of nitrogens with one attached hydrogen (secondary N) is 1. The Hall–Kier alpha value is -1.99. The first-order valence-electron chi connectivity index (χ1n) is 5.22. The highest BCUT2D eigenvalue weighted by atomic mass is 32.1. The second-order valence-electron chi connectivity index (χ2n) is 3.79. The molecule has 0 aliphatic heterocycles. The van der Waals surface area contributed by atoms with Gasteiger partial charge in [-0.25, -0.2) is 10.8 Å². The Morgan fingerprint density at radius 3 is 3.06 bits per heavy atom. The highest BCUT2D eigenvalue weighted by Gasteiger charge is 2.09. The lowest BCUT2D eigenvalue weighted by atomic mass is 10.3. The van der Waals surface area contributed by atoms with Gasteiger partial charge in [0.1, 0.15) is 0 Å². The summed E-state index contributed by atoms with van der Waals surface area (Å²) in [6.45, 7) is 2.20. The molecule has 0 atom stereocenters. The molecule has 18 heavy (non-hydrogen) atoms. The molecule has 0 aliphatic carbocycles. The molecule has 0 radical (unpaired) electrons. The van der Waals surface area contributed by atoms with E-state index in [2.05, 4.69) is 4.98 Å². The van der Waals surface area contributed by atoms with Gasteiger partial charge in [0, 0.05) is 17.6 Å². The van der Waals surface area contributed by atoms with Gasteiger partial charge in [-0.3, -0.25) is 15.0 Å². The topological polar surface area (TPSA) is 90.0 Å². The van der Waals surface area contributed by atoms with Crippen LogP contribution >= 0.6 is 11.3 Å². The van der Waals surface area contributed by atoms with E-state index in [0.717, 1.165) is 5.56 Å². The highest BCUT2D eigenvalue weighted by molar-refractivity contribution is 7.11. The van der Waals surface area contributed by atoms with Gasteiger partial charge in [0.2, 0.25) is 0 Å². The number of hydrazine groups is 1. The van der Waals surface area contributed by atoms with Crippen LogP contribution in [0.15, 0.2) is 28.5 Å². The minimum atomic E-state index is -0.428. The van der Waals surface area contributed by atoms with E-state index in [-0.39, 0.29) is 10.6 Å². The number of nitrogens with two attached hydrogens (primary N) is 1. The number of aryl methyl sites for hydroxylation is 1. The van der Waals surface area contributed by atoms with Crippen LogP contribution in [0, 0.1) is 6.92 Å². The molecule has 0 fully saturated rings. The van der Waals surface area contributed by atoms with E-state index >= 15 is 0 Å². The molecule has 0 saturated heterocycles. The Labute approximate surface area is 107 Å². The largest absolute Gasteiger partial charge is 0.309 e. The van der Waals surface area contributed by atoms with Gasteiger partial charge in [0.05, 0.1) is 12.2 Å². The average molecular weight is 264 g/mol. The lowest BCUT2D eigenvalue weighted by molar-refractivity contribution is 0.0953. The Bertz CT molecular complexity index is 632. The number of hydrogen-bond donors (Lipinski definition) is 2. The number of pyridine rings is 1. The number of carbonyl (C=O) groups is 1. The third kappa shape index (κ3) is 2.63. The van der Waals surface area contributed by atoms with Crippen molar-refractivity contribution in [1.29, 1.82) is 0 Å². The van der Waals surface area contributed by atoms with Crippen molar-refractivity contribution in [2.75, 3.05) is 0 Å². The van der Waals surface area contributed by atoms with Crippen LogP contribution in [0.1, 0.15) is 21.1 Å². The number of carbonyl (C=O) groups excluding carboxylic acids is 1. The molecule has 2 heterocycles. The summed E-state index contributed by atoms with van der Waals surface area (Å²) >= 11 is 1.19. The number of nitrogens with zero attached hydrogens (tertiary/aromatic N) is 2. The lowest BCUT2D eigenvalue weighted by Gasteiger charge is -2.02. The van der Waals surface area contributed by atoms with Gasteiger partial charge >= 0.3 is 0 Å². The maximum absolute atomic E-state index is 11.7. The van der Waals surface area contributed by atoms with Gasteiger partial charge in [0.15, 0.2) is 5.01 Å². The molecule has 7 heteroatoms. The van der Waals surface area contributed by atoms with Crippen LogP contribution < -0.4 is 16.8 Å². The fourth-order valence-electron chi connectivity index (χ4n) is 1.46. The van der Waals surface area contributed by atoms with E-state index in [1.165, 1.54) is 15.9 Å². The van der Waals surface area contributed by atoms with E-state index in [9.17, 15) is 9.59 Å². The standard InChI is InChI=1S/C11H12N4O2S/c1-7-2-3-15(9(16)4-7)5-8-6-18-11(13-8)10(17)14-12/h2-4,6H,5,12H2,1H3,(H,14,17). The van der Waals surface area contributed by atoms with Crippen molar-refractivity contribution >= 4 is 17.2 Å². The summed E-state index contributed by atoms with van der Waals surface area (Å²) in [4.78, 5) is 27.0. The molecule has 3 N–H and O–H groups in total. The smallest absolute Gasteiger partial charge is 0.294 e. The number of rotatable bonds is 3. The van der Waals surface area contributed by atoms with Gasteiger partial charge in [-0.1, -0.05) is 0 Å². The molecule has 6 nitrogen and oxygen atoms in total. The average Bonchev–Trinajstić information content (AvgIpc) is 2.80. The maximum atomic E-state index is 11.7. The number of nitrogen functional groups attached to an aromatic ring is 1. The van der Waals surface area contributed by atoms with Crippen LogP contribution in [0.5, 0.6) is 0 Å². The van der Waals surface area contributed by atoms with Crippen LogP contribution in [-0.2, 0) is 6.54 Å². The zero-order chi connectivity index (χ0) is 13.1. The first-order chi connectivity index (χ1) is 8.60. The van der Waals surface area contributed by atoms with Crippen molar-refractivity contribution in [3.05, 3.63) is 50.3 Å². The molecular weight excluding hydrogens is 252 g/mol. The second kappa shape index (κ2) is 5.11. The van der Waals surface area contributed by atoms with Gasteiger partial charge in [-0.05, 0) is 18.6 Å². The molecule has 2 aromatic heterocycles. The minimum Gasteiger partial charge on any atom is -0.309 e. The number of thiazole rings is 1. The number of hydrogen-bond acceptors (Lipinski definition) is 5. The second-order valence-corrected chi connectivity index (χ2v) is 4.65. The monoisotopic (exact) mass is 264 g/mol. The summed E-state index contributed by atoms with van der Waals surface area (Å²) in [7, 11) is 0. The molecule has 0 bridgehead atoms. The minimum absolute atomic E-state index is 0.0900. The summed E-state index contributed by atoms with van der Waals surface area (Å²) in [6, 6.07) is 3.40. The molecule has 0 aliphatic rings. The van der Waals surface area contributed by atoms with E-state index in [0.29, 0.717) is 12.2 Å². The third-order valence-electron chi connectivity index (χ3n) is 2.36. The number of amides is 1. The predicted octanol–water partition coefficient (Wildman–Crippen LogP) is 0.265. The zero-order valence-electron chi connectivity index (χ0n) is 9.71. The van der Waals surface area contributed by atoms with Crippen molar-refractivity contribution in [2.45, 2.75) is 13.5 Å².